The van der Waals surface area contributed by atoms with Crippen LogP contribution in [0.5, 0.6) is 0 Å². The molecule has 1 aliphatic carbocycles. The third-order valence-corrected chi connectivity index (χ3v) is 12.6. The van der Waals surface area contributed by atoms with Gasteiger partial charge in [-0.3, -0.25) is 0 Å². The van der Waals surface area contributed by atoms with Crippen molar-refractivity contribution in [2.45, 2.75) is 44.4 Å². The molecule has 9 aromatic rings. The fraction of sp³-hybridized carbons (Fsp3) is 0.123. The second-order valence-electron chi connectivity index (χ2n) is 16.4. The van der Waals surface area contributed by atoms with Gasteiger partial charge in [-0.05, 0) is 125 Å². The Morgan fingerprint density at radius 2 is 0.965 bits per heavy atom. The van der Waals surface area contributed by atoms with E-state index in [1.54, 1.807) is 0 Å². The zero-order valence-corrected chi connectivity index (χ0v) is 32.8. The average molecular weight is 731 g/mol. The molecule has 1 atom stereocenters. The molecule has 0 bridgehead atoms. The number of fused-ring (bicyclic) bond motifs is 5. The highest BCUT2D eigenvalue weighted by Crippen LogP contribution is 2.50. The predicted molar refractivity (Wildman–Crippen MR) is 243 cm³/mol. The lowest BCUT2D eigenvalue weighted by Crippen LogP contribution is -2.15. The van der Waals surface area contributed by atoms with Crippen molar-refractivity contribution in [2.75, 3.05) is 0 Å². The van der Waals surface area contributed by atoms with E-state index >= 15 is 0 Å². The summed E-state index contributed by atoms with van der Waals surface area (Å²) in [7, 11) is 0. The third kappa shape index (κ3) is 6.46. The van der Waals surface area contributed by atoms with Crippen LogP contribution in [0.25, 0.3) is 66.1 Å². The fourth-order valence-corrected chi connectivity index (χ4v) is 9.54. The van der Waals surface area contributed by atoms with Crippen LogP contribution in [-0.2, 0) is 11.8 Å². The van der Waals surface area contributed by atoms with Crippen molar-refractivity contribution in [1.29, 1.82) is 0 Å². The Hall–Kier alpha value is -6.50. The average Bonchev–Trinajstić information content (AvgIpc) is 3.50. The molecule has 0 N–H and O–H groups in total. The Morgan fingerprint density at radius 3 is 1.72 bits per heavy atom. The molecule has 0 amide bonds. The topological polar surface area (TPSA) is 0 Å². The summed E-state index contributed by atoms with van der Waals surface area (Å²) in [5, 5.41) is 5.23. The maximum Gasteiger partial charge on any atom is 0.0159 e. The summed E-state index contributed by atoms with van der Waals surface area (Å²) in [5.74, 6) is 0.316. The zero-order chi connectivity index (χ0) is 38.3. The maximum absolute atomic E-state index is 2.51. The van der Waals surface area contributed by atoms with Crippen LogP contribution in [0.4, 0.5) is 0 Å². The predicted octanol–water partition coefficient (Wildman–Crippen LogP) is 15.5. The Bertz CT molecular complexity index is 2880. The van der Waals surface area contributed by atoms with E-state index in [-0.39, 0.29) is 5.41 Å². The Labute approximate surface area is 337 Å². The summed E-state index contributed by atoms with van der Waals surface area (Å²) in [6.07, 6.45) is 3.25. The van der Waals surface area contributed by atoms with Gasteiger partial charge in [0.1, 0.15) is 0 Å². The van der Waals surface area contributed by atoms with Crippen molar-refractivity contribution >= 4 is 21.5 Å². The molecule has 0 heterocycles. The van der Waals surface area contributed by atoms with Gasteiger partial charge in [-0.1, -0.05) is 202 Å². The van der Waals surface area contributed by atoms with Gasteiger partial charge < -0.3 is 0 Å². The quantitative estimate of drug-likeness (QED) is 0.139. The fourth-order valence-electron chi connectivity index (χ4n) is 9.54. The van der Waals surface area contributed by atoms with E-state index < -0.39 is 0 Å². The van der Waals surface area contributed by atoms with Gasteiger partial charge >= 0.3 is 0 Å². The standard InChI is InChI=1S/C57H46/c1-57(2)55-36-39(14-13-23-48(43-16-5-3-6-17-43)52-35-34-49(44-18-7-4-8-19-44)50-21-11-12-22-51(50)52)24-32-53(55)54-33-31-47(38-56(54)57)42-27-25-41(26-28-42)46-30-29-40-15-9-10-20-45(40)37-46/h3-12,15-22,24-38,48H,13-14,23H2,1-2H3. The van der Waals surface area contributed by atoms with Crippen LogP contribution < -0.4 is 0 Å². The van der Waals surface area contributed by atoms with Gasteiger partial charge in [0.2, 0.25) is 0 Å². The van der Waals surface area contributed by atoms with Crippen molar-refractivity contribution in [3.8, 4) is 44.5 Å². The highest BCUT2D eigenvalue weighted by Gasteiger charge is 2.35. The van der Waals surface area contributed by atoms with E-state index in [0.717, 1.165) is 19.3 Å². The minimum Gasteiger partial charge on any atom is -0.0622 e. The normalized spacial score (nSPS) is 13.4. The first-order valence-corrected chi connectivity index (χ1v) is 20.5. The summed E-state index contributed by atoms with van der Waals surface area (Å²) in [6, 6.07) is 74.5. The minimum atomic E-state index is -0.0757. The van der Waals surface area contributed by atoms with E-state index in [1.165, 1.54) is 93.9 Å². The summed E-state index contributed by atoms with van der Waals surface area (Å²) in [6.45, 7) is 4.81. The van der Waals surface area contributed by atoms with Crippen molar-refractivity contribution in [3.05, 3.63) is 228 Å². The molecule has 0 aromatic heterocycles. The molecule has 0 nitrogen and oxygen atoms in total. The van der Waals surface area contributed by atoms with Crippen LogP contribution >= 0.6 is 0 Å². The van der Waals surface area contributed by atoms with Crippen LogP contribution in [0.1, 0.15) is 60.4 Å². The number of hydrogen-bond donors (Lipinski definition) is 0. The Kier molecular flexibility index (Phi) is 8.91. The molecule has 274 valence electrons. The molecule has 0 aliphatic heterocycles. The molecule has 0 saturated carbocycles. The monoisotopic (exact) mass is 730 g/mol. The second kappa shape index (κ2) is 14.5. The van der Waals surface area contributed by atoms with Gasteiger partial charge in [0.15, 0.2) is 0 Å². The molecular weight excluding hydrogens is 685 g/mol. The number of aryl methyl sites for hydroxylation is 1. The first-order chi connectivity index (χ1) is 28.0. The molecule has 57 heavy (non-hydrogen) atoms. The molecule has 0 radical (unpaired) electrons. The van der Waals surface area contributed by atoms with Crippen LogP contribution in [0.15, 0.2) is 200 Å². The van der Waals surface area contributed by atoms with E-state index in [9.17, 15) is 0 Å². The SMILES string of the molecule is CC1(C)c2cc(CCCC(c3ccccc3)c3ccc(-c4ccccc4)c4ccccc34)ccc2-c2ccc(-c3ccc(-c4ccc5ccccc5c4)cc3)cc21. The Balaban J connectivity index is 0.893. The van der Waals surface area contributed by atoms with Gasteiger partial charge in [-0.25, -0.2) is 0 Å². The van der Waals surface area contributed by atoms with Gasteiger partial charge in [0, 0.05) is 11.3 Å². The summed E-state index contributed by atoms with van der Waals surface area (Å²) in [4.78, 5) is 0. The molecule has 9 aromatic carbocycles. The smallest absolute Gasteiger partial charge is 0.0159 e. The molecular formula is C57H46. The summed E-state index contributed by atoms with van der Waals surface area (Å²) >= 11 is 0. The first kappa shape index (κ1) is 35.0. The Morgan fingerprint density at radius 1 is 0.404 bits per heavy atom. The molecule has 0 heteroatoms. The number of rotatable bonds is 9. The van der Waals surface area contributed by atoms with E-state index in [0.29, 0.717) is 5.92 Å². The van der Waals surface area contributed by atoms with Crippen LogP contribution in [0, 0.1) is 0 Å². The molecule has 0 spiro atoms. The molecule has 1 unspecified atom stereocenters. The van der Waals surface area contributed by atoms with Crippen molar-refractivity contribution in [1.82, 2.24) is 0 Å². The zero-order valence-electron chi connectivity index (χ0n) is 32.8. The van der Waals surface area contributed by atoms with E-state index in [1.807, 2.05) is 0 Å². The lowest BCUT2D eigenvalue weighted by atomic mass is 9.80. The molecule has 1 aliphatic rings. The highest BCUT2D eigenvalue weighted by molar-refractivity contribution is 5.99. The number of benzene rings is 9. The lowest BCUT2D eigenvalue weighted by Gasteiger charge is -2.23. The molecule has 10 rings (SSSR count). The number of hydrogen-bond acceptors (Lipinski definition) is 0. The third-order valence-electron chi connectivity index (χ3n) is 12.6. The van der Waals surface area contributed by atoms with Gasteiger partial charge in [0.05, 0.1) is 0 Å². The highest BCUT2D eigenvalue weighted by atomic mass is 14.4. The van der Waals surface area contributed by atoms with E-state index in [2.05, 4.69) is 214 Å². The van der Waals surface area contributed by atoms with Gasteiger partial charge in [-0.2, -0.15) is 0 Å². The van der Waals surface area contributed by atoms with Crippen molar-refractivity contribution in [2.24, 2.45) is 0 Å². The van der Waals surface area contributed by atoms with Gasteiger partial charge in [-0.15, -0.1) is 0 Å². The maximum atomic E-state index is 2.51. The van der Waals surface area contributed by atoms with Crippen molar-refractivity contribution in [3.63, 3.8) is 0 Å². The first-order valence-electron chi connectivity index (χ1n) is 20.5. The molecule has 0 fully saturated rings. The van der Waals surface area contributed by atoms with Crippen LogP contribution in [0.3, 0.4) is 0 Å². The minimum absolute atomic E-state index is 0.0757. The van der Waals surface area contributed by atoms with E-state index in [4.69, 9.17) is 0 Å². The lowest BCUT2D eigenvalue weighted by molar-refractivity contribution is 0.651. The summed E-state index contributed by atoms with van der Waals surface area (Å²) in [5.41, 5.74) is 17.4. The van der Waals surface area contributed by atoms with Crippen molar-refractivity contribution < 1.29 is 0 Å². The van der Waals surface area contributed by atoms with Crippen LogP contribution in [0.2, 0.25) is 0 Å². The molecule has 0 saturated heterocycles. The van der Waals surface area contributed by atoms with Crippen LogP contribution in [-0.4, -0.2) is 0 Å². The second-order valence-corrected chi connectivity index (χ2v) is 16.4. The largest absolute Gasteiger partial charge is 0.0622 e. The summed E-state index contributed by atoms with van der Waals surface area (Å²) < 4.78 is 0. The van der Waals surface area contributed by atoms with Gasteiger partial charge in [0.25, 0.3) is 0 Å².